The first kappa shape index (κ1) is 23.1. The van der Waals surface area contributed by atoms with Gasteiger partial charge in [-0.3, -0.25) is 9.89 Å². The first-order chi connectivity index (χ1) is 13.3. The van der Waals surface area contributed by atoms with Crippen LogP contribution in [0.3, 0.4) is 0 Å². The fraction of sp³-hybridized carbons (Fsp3) is 0.579. The van der Waals surface area contributed by atoms with Crippen molar-refractivity contribution in [1.29, 1.82) is 0 Å². The third-order valence-electron chi connectivity index (χ3n) is 4.51. The zero-order valence-corrected chi connectivity index (χ0v) is 19.8. The number of hydrogen-bond acceptors (Lipinski definition) is 6. The number of benzene rings is 1. The number of ether oxygens (including phenoxy) is 1. The van der Waals surface area contributed by atoms with Gasteiger partial charge >= 0.3 is 0 Å². The fourth-order valence-corrected chi connectivity index (χ4v) is 3.89. The topological polar surface area (TPSA) is 73.8 Å². The molecule has 1 saturated heterocycles. The molecule has 0 saturated carbocycles. The van der Waals surface area contributed by atoms with E-state index in [4.69, 9.17) is 9.73 Å². The number of guanidine groups is 1. The normalized spacial score (nSPS) is 16.4. The Morgan fingerprint density at radius 3 is 2.79 bits per heavy atom. The third-order valence-corrected chi connectivity index (χ3v) is 5.51. The average molecular weight is 518 g/mol. The van der Waals surface area contributed by atoms with Gasteiger partial charge in [0.2, 0.25) is 0 Å². The maximum absolute atomic E-state index is 5.42. The van der Waals surface area contributed by atoms with Crippen molar-refractivity contribution < 1.29 is 4.74 Å². The van der Waals surface area contributed by atoms with E-state index in [0.29, 0.717) is 6.04 Å². The van der Waals surface area contributed by atoms with Gasteiger partial charge in [-0.15, -0.1) is 24.0 Å². The summed E-state index contributed by atoms with van der Waals surface area (Å²) in [7, 11) is 0. The summed E-state index contributed by atoms with van der Waals surface area (Å²) in [5, 5.41) is 11.1. The molecule has 7 nitrogen and oxygen atoms in total. The lowest BCUT2D eigenvalue weighted by atomic mass is 10.2. The van der Waals surface area contributed by atoms with Gasteiger partial charge in [0.05, 0.1) is 30.0 Å². The molecule has 1 unspecified atom stereocenters. The molecule has 0 bridgehead atoms. The van der Waals surface area contributed by atoms with Crippen molar-refractivity contribution in [1.82, 2.24) is 20.5 Å². The minimum atomic E-state index is 0. The summed E-state index contributed by atoms with van der Waals surface area (Å²) in [6, 6.07) is 8.63. The number of rotatable bonds is 8. The monoisotopic (exact) mass is 518 g/mol. The summed E-state index contributed by atoms with van der Waals surface area (Å²) < 4.78 is 6.63. The van der Waals surface area contributed by atoms with Crippen molar-refractivity contribution >= 4 is 56.6 Å². The van der Waals surface area contributed by atoms with Crippen LogP contribution in [0.1, 0.15) is 13.8 Å². The minimum Gasteiger partial charge on any atom is -0.379 e. The molecule has 2 heterocycles. The van der Waals surface area contributed by atoms with Gasteiger partial charge in [0.1, 0.15) is 0 Å². The molecule has 0 aliphatic carbocycles. The van der Waals surface area contributed by atoms with Crippen LogP contribution in [0, 0.1) is 0 Å². The van der Waals surface area contributed by atoms with E-state index >= 15 is 0 Å². The summed E-state index contributed by atoms with van der Waals surface area (Å²) in [4.78, 5) is 11.8. The Kier molecular flexibility index (Phi) is 10.2. The molecule has 0 radical (unpaired) electrons. The molecule has 156 valence electrons. The fourth-order valence-electron chi connectivity index (χ4n) is 3.00. The molecular formula is C19H31IN6OS. The Morgan fingerprint density at radius 2 is 2.04 bits per heavy atom. The maximum Gasteiger partial charge on any atom is 0.191 e. The van der Waals surface area contributed by atoms with Crippen LogP contribution in [-0.4, -0.2) is 74.4 Å². The molecule has 1 fully saturated rings. The molecule has 0 amide bonds. The predicted octanol–water partition coefficient (Wildman–Crippen LogP) is 2.60. The quantitative estimate of drug-likeness (QED) is 0.216. The number of halogens is 1. The van der Waals surface area contributed by atoms with Crippen LogP contribution in [0.15, 0.2) is 29.3 Å². The van der Waals surface area contributed by atoms with E-state index in [1.807, 2.05) is 18.2 Å². The van der Waals surface area contributed by atoms with E-state index in [1.165, 1.54) is 4.70 Å². The van der Waals surface area contributed by atoms with Crippen LogP contribution in [0.5, 0.6) is 0 Å². The maximum atomic E-state index is 5.42. The molecule has 3 N–H and O–H groups in total. The van der Waals surface area contributed by atoms with Crippen molar-refractivity contribution in [3.63, 3.8) is 0 Å². The SMILES string of the molecule is CCNC(=NCC(C)N1CCOCC1)NCCNc1nc2ccccc2s1.I. The Hall–Kier alpha value is -1.17. The standard InChI is InChI=1S/C19H30N6OS.HI/c1-3-20-18(23-14-15(2)25-10-12-26-13-11-25)21-8-9-22-19-24-16-6-4-5-7-17(16)27-19;/h4-7,15H,3,8-14H2,1-2H3,(H,22,24)(H2,20,21,23);1H. The highest BCUT2D eigenvalue weighted by atomic mass is 127. The number of aliphatic imine (C=N–C) groups is 1. The molecular weight excluding hydrogens is 487 g/mol. The summed E-state index contributed by atoms with van der Waals surface area (Å²) in [6.45, 7) is 11.2. The van der Waals surface area contributed by atoms with Gasteiger partial charge in [-0.1, -0.05) is 23.5 Å². The third kappa shape index (κ3) is 7.02. The van der Waals surface area contributed by atoms with Gasteiger partial charge in [0.25, 0.3) is 0 Å². The molecule has 1 atom stereocenters. The number of para-hydroxylation sites is 1. The highest BCUT2D eigenvalue weighted by molar-refractivity contribution is 14.0. The molecule has 9 heteroatoms. The highest BCUT2D eigenvalue weighted by Gasteiger charge is 2.16. The van der Waals surface area contributed by atoms with Crippen LogP contribution >= 0.6 is 35.3 Å². The number of aromatic nitrogens is 1. The van der Waals surface area contributed by atoms with E-state index in [9.17, 15) is 0 Å². The molecule has 0 spiro atoms. The van der Waals surface area contributed by atoms with Crippen molar-refractivity contribution in [3.8, 4) is 0 Å². The lowest BCUT2D eigenvalue weighted by molar-refractivity contribution is 0.0220. The second-order valence-electron chi connectivity index (χ2n) is 6.56. The summed E-state index contributed by atoms with van der Waals surface area (Å²) in [5.74, 6) is 0.865. The molecule has 28 heavy (non-hydrogen) atoms. The highest BCUT2D eigenvalue weighted by Crippen LogP contribution is 2.24. The summed E-state index contributed by atoms with van der Waals surface area (Å²) in [5.41, 5.74) is 1.05. The number of nitrogens with zero attached hydrogens (tertiary/aromatic N) is 3. The van der Waals surface area contributed by atoms with Crippen LogP contribution in [0.25, 0.3) is 10.2 Å². The number of morpholine rings is 1. The number of thiazole rings is 1. The van der Waals surface area contributed by atoms with Gasteiger partial charge in [0.15, 0.2) is 11.1 Å². The van der Waals surface area contributed by atoms with Gasteiger partial charge in [0, 0.05) is 38.8 Å². The Labute approximate surface area is 188 Å². The van der Waals surface area contributed by atoms with E-state index in [-0.39, 0.29) is 24.0 Å². The lowest BCUT2D eigenvalue weighted by Crippen LogP contribution is -2.45. The van der Waals surface area contributed by atoms with Gasteiger partial charge < -0.3 is 20.7 Å². The van der Waals surface area contributed by atoms with Crippen LogP contribution in [0.2, 0.25) is 0 Å². The molecule has 3 rings (SSSR count). The summed E-state index contributed by atoms with van der Waals surface area (Å²) >= 11 is 1.68. The van der Waals surface area contributed by atoms with Crippen LogP contribution < -0.4 is 16.0 Å². The van der Waals surface area contributed by atoms with Crippen LogP contribution in [0.4, 0.5) is 5.13 Å². The van der Waals surface area contributed by atoms with Gasteiger partial charge in [-0.25, -0.2) is 4.98 Å². The van der Waals surface area contributed by atoms with E-state index in [2.05, 4.69) is 45.7 Å². The number of hydrogen-bond donors (Lipinski definition) is 3. The molecule has 1 aromatic heterocycles. The minimum absolute atomic E-state index is 0. The largest absolute Gasteiger partial charge is 0.379 e. The smallest absolute Gasteiger partial charge is 0.191 e. The predicted molar refractivity (Wildman–Crippen MR) is 129 cm³/mol. The second-order valence-corrected chi connectivity index (χ2v) is 7.59. The van der Waals surface area contributed by atoms with Crippen molar-refractivity contribution in [2.45, 2.75) is 19.9 Å². The van der Waals surface area contributed by atoms with Gasteiger partial charge in [-0.05, 0) is 26.0 Å². The molecule has 1 aliphatic rings. The molecule has 1 aromatic carbocycles. The van der Waals surface area contributed by atoms with Gasteiger partial charge in [-0.2, -0.15) is 0 Å². The Morgan fingerprint density at radius 1 is 1.25 bits per heavy atom. The van der Waals surface area contributed by atoms with E-state index in [1.54, 1.807) is 11.3 Å². The molecule has 1 aliphatic heterocycles. The van der Waals surface area contributed by atoms with E-state index < -0.39 is 0 Å². The lowest BCUT2D eigenvalue weighted by Gasteiger charge is -2.31. The zero-order chi connectivity index (χ0) is 18.9. The first-order valence-corrected chi connectivity index (χ1v) is 10.5. The average Bonchev–Trinajstić information content (AvgIpc) is 3.12. The number of nitrogens with one attached hydrogen (secondary N) is 3. The Bertz CT molecular complexity index is 701. The van der Waals surface area contributed by atoms with Crippen molar-refractivity contribution in [3.05, 3.63) is 24.3 Å². The summed E-state index contributed by atoms with van der Waals surface area (Å²) in [6.07, 6.45) is 0. The molecule has 2 aromatic rings. The van der Waals surface area contributed by atoms with Crippen LogP contribution in [-0.2, 0) is 4.74 Å². The van der Waals surface area contributed by atoms with Crippen molar-refractivity contribution in [2.75, 3.05) is 57.8 Å². The zero-order valence-electron chi connectivity index (χ0n) is 16.6. The first-order valence-electron chi connectivity index (χ1n) is 9.69. The number of anilines is 1. The van der Waals surface area contributed by atoms with Crippen molar-refractivity contribution in [2.24, 2.45) is 4.99 Å². The van der Waals surface area contributed by atoms with E-state index in [0.717, 1.165) is 69.1 Å². The second kappa shape index (κ2) is 12.4. The number of fused-ring (bicyclic) bond motifs is 1. The Balaban J connectivity index is 0.00000280.